The monoisotopic (exact) mass is 317 g/mol. The van der Waals surface area contributed by atoms with Crippen LogP contribution < -0.4 is 5.32 Å². The van der Waals surface area contributed by atoms with Crippen molar-refractivity contribution in [3.63, 3.8) is 0 Å². The summed E-state index contributed by atoms with van der Waals surface area (Å²) >= 11 is 3.23. The number of rotatable bonds is 6. The van der Waals surface area contributed by atoms with E-state index in [9.17, 15) is 4.39 Å². The lowest BCUT2D eigenvalue weighted by molar-refractivity contribution is -0.0396. The van der Waals surface area contributed by atoms with Gasteiger partial charge in [-0.3, -0.25) is 0 Å². The van der Waals surface area contributed by atoms with Gasteiger partial charge < -0.3 is 10.1 Å². The molecule has 0 spiro atoms. The zero-order valence-electron chi connectivity index (χ0n) is 11.4. The first-order valence-corrected chi connectivity index (χ1v) is 7.04. The molecule has 1 unspecified atom stereocenters. The Morgan fingerprint density at radius 3 is 2.61 bits per heavy atom. The highest BCUT2D eigenvalue weighted by atomic mass is 79.9. The van der Waals surface area contributed by atoms with Gasteiger partial charge in [-0.1, -0.05) is 19.1 Å². The second-order valence-corrected chi connectivity index (χ2v) is 5.52. The number of benzene rings is 1. The van der Waals surface area contributed by atoms with Gasteiger partial charge in [0.1, 0.15) is 5.82 Å². The molecule has 1 atom stereocenters. The van der Waals surface area contributed by atoms with Crippen LogP contribution in [0.1, 0.15) is 39.3 Å². The largest absolute Gasteiger partial charge is 0.374 e. The molecule has 2 nitrogen and oxygen atoms in total. The van der Waals surface area contributed by atoms with Crippen molar-refractivity contribution in [1.29, 1.82) is 0 Å². The minimum absolute atomic E-state index is 0.181. The molecule has 1 aromatic rings. The van der Waals surface area contributed by atoms with E-state index in [0.717, 1.165) is 6.54 Å². The molecule has 0 radical (unpaired) electrons. The zero-order chi connectivity index (χ0) is 13.8. The van der Waals surface area contributed by atoms with Crippen LogP contribution in [-0.2, 0) is 4.74 Å². The van der Waals surface area contributed by atoms with Crippen LogP contribution in [0.4, 0.5) is 4.39 Å². The van der Waals surface area contributed by atoms with Crippen molar-refractivity contribution < 1.29 is 9.13 Å². The molecule has 0 saturated carbocycles. The molecule has 0 fully saturated rings. The van der Waals surface area contributed by atoms with Gasteiger partial charge in [-0.2, -0.15) is 0 Å². The molecule has 0 amide bonds. The predicted molar refractivity (Wildman–Crippen MR) is 76.2 cm³/mol. The predicted octanol–water partition coefficient (Wildman–Crippen LogP) is 4.05. The molecular weight excluding hydrogens is 297 g/mol. The average molecular weight is 318 g/mol. The van der Waals surface area contributed by atoms with Gasteiger partial charge in [0.25, 0.3) is 0 Å². The normalized spacial score (nSPS) is 13.7. The molecule has 0 aliphatic heterocycles. The molecule has 4 heteroatoms. The zero-order valence-corrected chi connectivity index (χ0v) is 13.0. The van der Waals surface area contributed by atoms with Gasteiger partial charge in [-0.25, -0.2) is 4.39 Å². The van der Waals surface area contributed by atoms with E-state index in [0.29, 0.717) is 16.6 Å². The molecule has 0 heterocycles. The summed E-state index contributed by atoms with van der Waals surface area (Å²) in [7, 11) is 0. The molecule has 0 bridgehead atoms. The molecule has 1 aromatic carbocycles. The van der Waals surface area contributed by atoms with E-state index in [-0.39, 0.29) is 11.9 Å². The van der Waals surface area contributed by atoms with Gasteiger partial charge in [0.15, 0.2) is 0 Å². The van der Waals surface area contributed by atoms with Crippen LogP contribution in [0.15, 0.2) is 22.7 Å². The summed E-state index contributed by atoms with van der Waals surface area (Å²) in [6.45, 7) is 9.26. The van der Waals surface area contributed by atoms with Gasteiger partial charge in [0, 0.05) is 12.2 Å². The number of hydrogen-bond donors (Lipinski definition) is 1. The number of halogens is 2. The van der Waals surface area contributed by atoms with Crippen LogP contribution in [0.2, 0.25) is 0 Å². The van der Waals surface area contributed by atoms with Crippen molar-refractivity contribution in [3.8, 4) is 0 Å². The topological polar surface area (TPSA) is 21.3 Å². The third-order valence-electron chi connectivity index (χ3n) is 2.91. The molecule has 18 heavy (non-hydrogen) atoms. The third-order valence-corrected chi connectivity index (χ3v) is 3.52. The van der Waals surface area contributed by atoms with Crippen molar-refractivity contribution in [2.45, 2.75) is 39.3 Å². The molecule has 0 aromatic heterocycles. The summed E-state index contributed by atoms with van der Waals surface area (Å²) < 4.78 is 20.4. The van der Waals surface area contributed by atoms with Crippen molar-refractivity contribution in [1.82, 2.24) is 5.32 Å². The number of hydrogen-bond acceptors (Lipinski definition) is 2. The summed E-state index contributed by atoms with van der Waals surface area (Å²) in [6.07, 6.45) is 0. The Hall–Kier alpha value is -0.450. The Morgan fingerprint density at radius 1 is 1.39 bits per heavy atom. The second-order valence-electron chi connectivity index (χ2n) is 4.67. The van der Waals surface area contributed by atoms with Crippen molar-refractivity contribution >= 4 is 15.9 Å². The quantitative estimate of drug-likeness (QED) is 0.854. The minimum Gasteiger partial charge on any atom is -0.374 e. The number of nitrogens with one attached hydrogen (secondary N) is 1. The summed E-state index contributed by atoms with van der Waals surface area (Å²) in [4.78, 5) is 0. The molecule has 0 aliphatic carbocycles. The van der Waals surface area contributed by atoms with Gasteiger partial charge in [-0.05, 0) is 49.3 Å². The van der Waals surface area contributed by atoms with E-state index in [1.54, 1.807) is 12.1 Å². The summed E-state index contributed by atoms with van der Waals surface area (Å²) in [6, 6.07) is 5.17. The van der Waals surface area contributed by atoms with E-state index in [4.69, 9.17) is 4.74 Å². The van der Waals surface area contributed by atoms with Crippen LogP contribution >= 0.6 is 15.9 Å². The fourth-order valence-electron chi connectivity index (χ4n) is 2.13. The summed E-state index contributed by atoms with van der Waals surface area (Å²) in [5.74, 6) is -0.226. The maximum absolute atomic E-state index is 14.2. The van der Waals surface area contributed by atoms with Crippen molar-refractivity contribution in [3.05, 3.63) is 34.1 Å². The lowest BCUT2D eigenvalue weighted by atomic mass is 9.91. The van der Waals surface area contributed by atoms with E-state index in [2.05, 4.69) is 21.2 Å². The fourth-order valence-corrected chi connectivity index (χ4v) is 2.51. The van der Waals surface area contributed by atoms with E-state index in [1.165, 1.54) is 0 Å². The first-order chi connectivity index (χ1) is 8.44. The van der Waals surface area contributed by atoms with Crippen molar-refractivity contribution in [2.75, 3.05) is 13.2 Å². The summed E-state index contributed by atoms with van der Waals surface area (Å²) in [5.41, 5.74) is 0.163. The Balaban J connectivity index is 3.15. The number of likely N-dealkylation sites (N-methyl/N-ethyl adjacent to an activating group) is 1. The third kappa shape index (κ3) is 3.53. The van der Waals surface area contributed by atoms with Crippen molar-refractivity contribution in [2.24, 2.45) is 0 Å². The highest BCUT2D eigenvalue weighted by Gasteiger charge is 2.33. The van der Waals surface area contributed by atoms with Crippen LogP contribution in [0, 0.1) is 5.82 Å². The van der Waals surface area contributed by atoms with Gasteiger partial charge >= 0.3 is 0 Å². The lowest BCUT2D eigenvalue weighted by Crippen LogP contribution is -2.42. The Morgan fingerprint density at radius 2 is 2.06 bits per heavy atom. The molecule has 0 aliphatic rings. The minimum atomic E-state index is -0.466. The van der Waals surface area contributed by atoms with Crippen LogP contribution in [-0.4, -0.2) is 18.8 Å². The first kappa shape index (κ1) is 15.6. The summed E-state index contributed by atoms with van der Waals surface area (Å²) in [5, 5.41) is 3.31. The molecular formula is C14H21BrFNO. The molecule has 1 N–H and O–H groups in total. The van der Waals surface area contributed by atoms with Gasteiger partial charge in [-0.15, -0.1) is 0 Å². The molecule has 0 saturated heterocycles. The fraction of sp³-hybridized carbons (Fsp3) is 0.571. The second kappa shape index (κ2) is 6.64. The lowest BCUT2D eigenvalue weighted by Gasteiger charge is -2.35. The van der Waals surface area contributed by atoms with E-state index >= 15 is 0 Å². The molecule has 1 rings (SSSR count). The van der Waals surface area contributed by atoms with E-state index in [1.807, 2.05) is 33.8 Å². The average Bonchev–Trinajstić information content (AvgIpc) is 2.30. The highest BCUT2D eigenvalue weighted by Crippen LogP contribution is 2.32. The van der Waals surface area contributed by atoms with Crippen LogP contribution in [0.25, 0.3) is 0 Å². The van der Waals surface area contributed by atoms with Gasteiger partial charge in [0.2, 0.25) is 0 Å². The molecule has 102 valence electrons. The maximum atomic E-state index is 14.2. The number of ether oxygens (including phenoxy) is 1. The standard InChI is InChI=1S/C14H21BrFNO/c1-5-17-13(14(3,4)18-6-2)10-8-7-9-11(15)12(10)16/h7-9,13,17H,5-6H2,1-4H3. The first-order valence-electron chi connectivity index (χ1n) is 6.25. The Labute approximate surface area is 117 Å². The Kier molecular flexibility index (Phi) is 5.76. The Bertz CT molecular complexity index is 395. The SMILES string of the molecule is CCNC(c1cccc(Br)c1F)C(C)(C)OCC. The van der Waals surface area contributed by atoms with Crippen LogP contribution in [0.3, 0.4) is 0 Å². The highest BCUT2D eigenvalue weighted by molar-refractivity contribution is 9.10. The van der Waals surface area contributed by atoms with E-state index < -0.39 is 5.60 Å². The maximum Gasteiger partial charge on any atom is 0.142 e. The van der Waals surface area contributed by atoms with Gasteiger partial charge in [0.05, 0.1) is 16.1 Å². The smallest absolute Gasteiger partial charge is 0.142 e. The van der Waals surface area contributed by atoms with Crippen LogP contribution in [0.5, 0.6) is 0 Å².